The standard InChI is InChI=1S/C29H23NO4/c1-18-11-15-22(16-12-18)30-26(23-9-5-6-10-24(23)34-2)25(28(32)29(30)33)27(31)21-14-13-19-7-3-4-8-20(19)17-21/h3-17,26,31H,1-2H3/b27-25+. The number of aryl methyl sites for hydroxylation is 1. The van der Waals surface area contributed by atoms with Crippen LogP contribution >= 0.6 is 0 Å². The van der Waals surface area contributed by atoms with Crippen LogP contribution in [-0.2, 0) is 9.59 Å². The number of Topliss-reactive ketones (excluding diaryl/α,β-unsaturated/α-hetero) is 1. The van der Waals surface area contributed by atoms with Crippen LogP contribution in [0.1, 0.15) is 22.7 Å². The molecule has 1 aliphatic heterocycles. The van der Waals surface area contributed by atoms with E-state index in [1.165, 1.54) is 4.90 Å². The van der Waals surface area contributed by atoms with Crippen LogP contribution in [0.3, 0.4) is 0 Å². The Balaban J connectivity index is 1.75. The highest BCUT2D eigenvalue weighted by atomic mass is 16.5. The molecule has 1 heterocycles. The van der Waals surface area contributed by atoms with E-state index in [4.69, 9.17) is 4.74 Å². The zero-order valence-corrected chi connectivity index (χ0v) is 18.9. The molecule has 0 spiro atoms. The van der Waals surface area contributed by atoms with Crippen molar-refractivity contribution in [2.45, 2.75) is 13.0 Å². The number of hydrogen-bond donors (Lipinski definition) is 1. The summed E-state index contributed by atoms with van der Waals surface area (Å²) in [5.74, 6) is -1.12. The third-order valence-corrected chi connectivity index (χ3v) is 6.21. The van der Waals surface area contributed by atoms with Gasteiger partial charge in [-0.05, 0) is 42.0 Å². The van der Waals surface area contributed by atoms with Gasteiger partial charge in [-0.1, -0.05) is 72.3 Å². The van der Waals surface area contributed by atoms with Crippen LogP contribution in [0.5, 0.6) is 5.75 Å². The Bertz CT molecular complexity index is 1450. The molecule has 5 rings (SSSR count). The zero-order chi connectivity index (χ0) is 23.8. The maximum atomic E-state index is 13.4. The molecule has 34 heavy (non-hydrogen) atoms. The number of carbonyl (C=O) groups is 2. The summed E-state index contributed by atoms with van der Waals surface area (Å²) < 4.78 is 5.57. The fourth-order valence-electron chi connectivity index (χ4n) is 4.48. The molecule has 0 aromatic heterocycles. The first-order valence-corrected chi connectivity index (χ1v) is 11.0. The monoisotopic (exact) mass is 449 g/mol. The quantitative estimate of drug-likeness (QED) is 0.244. The molecule has 4 aromatic rings. The molecule has 1 unspecified atom stereocenters. The normalized spacial score (nSPS) is 17.4. The average Bonchev–Trinajstić information content (AvgIpc) is 3.13. The summed E-state index contributed by atoms with van der Waals surface area (Å²) in [5, 5.41) is 13.3. The number of ketones is 1. The van der Waals surface area contributed by atoms with Gasteiger partial charge < -0.3 is 9.84 Å². The smallest absolute Gasteiger partial charge is 0.300 e. The van der Waals surface area contributed by atoms with Crippen LogP contribution in [0.15, 0.2) is 96.6 Å². The third kappa shape index (κ3) is 3.52. The lowest BCUT2D eigenvalue weighted by molar-refractivity contribution is -0.132. The Hall–Kier alpha value is -4.38. The number of anilines is 1. The van der Waals surface area contributed by atoms with Gasteiger partial charge in [0, 0.05) is 16.8 Å². The van der Waals surface area contributed by atoms with Crippen molar-refractivity contribution < 1.29 is 19.4 Å². The Morgan fingerprint density at radius 2 is 1.53 bits per heavy atom. The molecule has 5 heteroatoms. The van der Waals surface area contributed by atoms with E-state index in [0.717, 1.165) is 16.3 Å². The molecular formula is C29H23NO4. The van der Waals surface area contributed by atoms with Crippen molar-refractivity contribution in [1.82, 2.24) is 0 Å². The van der Waals surface area contributed by atoms with E-state index in [2.05, 4.69) is 0 Å². The van der Waals surface area contributed by atoms with E-state index in [1.807, 2.05) is 73.7 Å². The van der Waals surface area contributed by atoms with Gasteiger partial charge in [0.1, 0.15) is 11.5 Å². The van der Waals surface area contributed by atoms with E-state index in [1.54, 1.807) is 31.4 Å². The molecule has 1 fully saturated rings. The van der Waals surface area contributed by atoms with Gasteiger partial charge in [0.15, 0.2) is 0 Å². The molecule has 1 amide bonds. The molecule has 0 bridgehead atoms. The maximum Gasteiger partial charge on any atom is 0.300 e. The van der Waals surface area contributed by atoms with Gasteiger partial charge in [-0.3, -0.25) is 14.5 Å². The summed E-state index contributed by atoms with van der Waals surface area (Å²) in [6, 6.07) is 27.0. The number of ether oxygens (including phenoxy) is 1. The predicted molar refractivity (Wildman–Crippen MR) is 133 cm³/mol. The highest BCUT2D eigenvalue weighted by Crippen LogP contribution is 2.45. The van der Waals surface area contributed by atoms with E-state index in [9.17, 15) is 14.7 Å². The topological polar surface area (TPSA) is 66.8 Å². The first-order chi connectivity index (χ1) is 16.5. The van der Waals surface area contributed by atoms with Crippen molar-refractivity contribution in [1.29, 1.82) is 0 Å². The number of rotatable bonds is 4. The summed E-state index contributed by atoms with van der Waals surface area (Å²) >= 11 is 0. The summed E-state index contributed by atoms with van der Waals surface area (Å²) in [5.41, 5.74) is 2.73. The Kier molecular flexibility index (Phi) is 5.38. The van der Waals surface area contributed by atoms with Gasteiger partial charge in [-0.25, -0.2) is 0 Å². The Morgan fingerprint density at radius 3 is 2.26 bits per heavy atom. The number of para-hydroxylation sites is 1. The minimum absolute atomic E-state index is 0.0327. The number of hydrogen-bond acceptors (Lipinski definition) is 4. The molecular weight excluding hydrogens is 426 g/mol. The summed E-state index contributed by atoms with van der Waals surface area (Å²) in [6.45, 7) is 1.95. The molecule has 168 valence electrons. The van der Waals surface area contributed by atoms with Crippen molar-refractivity contribution in [3.8, 4) is 5.75 Å². The molecule has 1 atom stereocenters. The lowest BCUT2D eigenvalue weighted by Gasteiger charge is -2.26. The van der Waals surface area contributed by atoms with Crippen LogP contribution in [0.2, 0.25) is 0 Å². The lowest BCUT2D eigenvalue weighted by Crippen LogP contribution is -2.29. The third-order valence-electron chi connectivity index (χ3n) is 6.21. The van der Waals surface area contributed by atoms with Gasteiger partial charge >= 0.3 is 0 Å². The molecule has 5 nitrogen and oxygen atoms in total. The van der Waals surface area contributed by atoms with Gasteiger partial charge in [0.2, 0.25) is 0 Å². The first-order valence-electron chi connectivity index (χ1n) is 11.0. The second-order valence-electron chi connectivity index (χ2n) is 8.31. The summed E-state index contributed by atoms with van der Waals surface area (Å²) in [6.07, 6.45) is 0. The van der Waals surface area contributed by atoms with Gasteiger partial charge in [0.05, 0.1) is 18.7 Å². The first kappa shape index (κ1) is 21.5. The molecule has 0 aliphatic carbocycles. The van der Waals surface area contributed by atoms with E-state index in [-0.39, 0.29) is 11.3 Å². The van der Waals surface area contributed by atoms with E-state index < -0.39 is 17.7 Å². The molecule has 1 saturated heterocycles. The highest BCUT2D eigenvalue weighted by Gasteiger charge is 2.47. The van der Waals surface area contributed by atoms with Gasteiger partial charge in [-0.2, -0.15) is 0 Å². The fraction of sp³-hybridized carbons (Fsp3) is 0.103. The predicted octanol–water partition coefficient (Wildman–Crippen LogP) is 5.78. The van der Waals surface area contributed by atoms with Crippen molar-refractivity contribution in [3.63, 3.8) is 0 Å². The number of carbonyl (C=O) groups excluding carboxylic acids is 2. The van der Waals surface area contributed by atoms with Crippen LogP contribution in [0.4, 0.5) is 5.69 Å². The van der Waals surface area contributed by atoms with Crippen molar-refractivity contribution in [2.75, 3.05) is 12.0 Å². The summed E-state index contributed by atoms with van der Waals surface area (Å²) in [7, 11) is 1.54. The number of nitrogens with zero attached hydrogens (tertiary/aromatic N) is 1. The number of methoxy groups -OCH3 is 1. The average molecular weight is 450 g/mol. The molecule has 0 radical (unpaired) electrons. The lowest BCUT2D eigenvalue weighted by atomic mass is 9.93. The number of fused-ring (bicyclic) bond motifs is 1. The molecule has 0 saturated carbocycles. The molecule has 4 aromatic carbocycles. The largest absolute Gasteiger partial charge is 0.507 e. The number of benzene rings is 4. The van der Waals surface area contributed by atoms with Crippen LogP contribution in [-0.4, -0.2) is 23.9 Å². The fourth-order valence-corrected chi connectivity index (χ4v) is 4.48. The Morgan fingerprint density at radius 1 is 0.853 bits per heavy atom. The van der Waals surface area contributed by atoms with Crippen molar-refractivity contribution in [2.24, 2.45) is 0 Å². The van der Waals surface area contributed by atoms with Gasteiger partial charge in [0.25, 0.3) is 11.7 Å². The minimum atomic E-state index is -0.842. The van der Waals surface area contributed by atoms with E-state index >= 15 is 0 Å². The molecule has 1 aliphatic rings. The van der Waals surface area contributed by atoms with Gasteiger partial charge in [-0.15, -0.1) is 0 Å². The second-order valence-corrected chi connectivity index (χ2v) is 8.31. The highest BCUT2D eigenvalue weighted by molar-refractivity contribution is 6.51. The van der Waals surface area contributed by atoms with Crippen LogP contribution in [0.25, 0.3) is 16.5 Å². The number of amides is 1. The van der Waals surface area contributed by atoms with E-state index in [0.29, 0.717) is 22.6 Å². The number of aliphatic hydroxyl groups excluding tert-OH is 1. The SMILES string of the molecule is COc1ccccc1C1/C(=C(\O)c2ccc3ccccc3c2)C(=O)C(=O)N1c1ccc(C)cc1. The van der Waals surface area contributed by atoms with Crippen LogP contribution in [0, 0.1) is 6.92 Å². The van der Waals surface area contributed by atoms with Crippen molar-refractivity contribution >= 4 is 33.9 Å². The maximum absolute atomic E-state index is 13.4. The zero-order valence-electron chi connectivity index (χ0n) is 18.9. The molecule has 1 N–H and O–H groups in total. The second kappa shape index (κ2) is 8.52. The number of aliphatic hydroxyl groups is 1. The minimum Gasteiger partial charge on any atom is -0.507 e. The summed E-state index contributed by atoms with van der Waals surface area (Å²) in [4.78, 5) is 28.1. The van der Waals surface area contributed by atoms with Crippen molar-refractivity contribution in [3.05, 3.63) is 113 Å². The Labute approximate surface area is 197 Å². The van der Waals surface area contributed by atoms with Crippen LogP contribution < -0.4 is 9.64 Å².